The molecule has 0 spiro atoms. The fourth-order valence-electron chi connectivity index (χ4n) is 2.14. The molecule has 0 radical (unpaired) electrons. The van der Waals surface area contributed by atoms with Gasteiger partial charge in [0.2, 0.25) is 0 Å². The van der Waals surface area contributed by atoms with Crippen LogP contribution >= 0.6 is 0 Å². The molecule has 0 saturated carbocycles. The Kier molecular flexibility index (Phi) is 4.63. The van der Waals surface area contributed by atoms with Crippen molar-refractivity contribution in [3.05, 3.63) is 41.7 Å². The van der Waals surface area contributed by atoms with E-state index in [2.05, 4.69) is 40.3 Å². The number of hydrogen-bond donors (Lipinski definition) is 1. The second-order valence-electron chi connectivity index (χ2n) is 4.53. The molecule has 2 aromatic heterocycles. The second-order valence-corrected chi connectivity index (χ2v) is 4.53. The van der Waals surface area contributed by atoms with E-state index in [4.69, 9.17) is 0 Å². The van der Waals surface area contributed by atoms with E-state index in [0.29, 0.717) is 0 Å². The Morgan fingerprint density at radius 2 is 2.00 bits per heavy atom. The highest BCUT2D eigenvalue weighted by Gasteiger charge is 2.16. The van der Waals surface area contributed by atoms with Crippen molar-refractivity contribution in [2.45, 2.75) is 32.7 Å². The van der Waals surface area contributed by atoms with Gasteiger partial charge in [-0.3, -0.25) is 4.68 Å². The number of likely N-dealkylation sites (N-methyl/N-ethyl adjacent to an activating group) is 1. The van der Waals surface area contributed by atoms with Crippen LogP contribution in [-0.2, 0) is 19.9 Å². The van der Waals surface area contributed by atoms with Crippen LogP contribution in [0.1, 0.15) is 37.1 Å². The molecular formula is C14H21N5. The highest BCUT2D eigenvalue weighted by Crippen LogP contribution is 2.15. The molecule has 0 bridgehead atoms. The van der Waals surface area contributed by atoms with Gasteiger partial charge in [0.15, 0.2) is 0 Å². The van der Waals surface area contributed by atoms with Crippen molar-refractivity contribution in [3.63, 3.8) is 0 Å². The van der Waals surface area contributed by atoms with E-state index in [1.54, 1.807) is 12.4 Å². The van der Waals surface area contributed by atoms with Gasteiger partial charge in [-0.05, 0) is 25.1 Å². The molecule has 0 fully saturated rings. The molecule has 0 amide bonds. The van der Waals surface area contributed by atoms with Crippen LogP contribution in [0.4, 0.5) is 0 Å². The maximum Gasteiger partial charge on any atom is 0.145 e. The van der Waals surface area contributed by atoms with Gasteiger partial charge in [-0.2, -0.15) is 5.10 Å². The minimum Gasteiger partial charge on any atom is -0.307 e. The third-order valence-corrected chi connectivity index (χ3v) is 3.15. The molecule has 5 nitrogen and oxygen atoms in total. The fourth-order valence-corrected chi connectivity index (χ4v) is 2.14. The van der Waals surface area contributed by atoms with Crippen LogP contribution in [0.3, 0.4) is 0 Å². The van der Waals surface area contributed by atoms with Crippen molar-refractivity contribution in [2.24, 2.45) is 7.05 Å². The maximum absolute atomic E-state index is 4.48. The molecule has 0 aromatic carbocycles. The summed E-state index contributed by atoms with van der Waals surface area (Å²) in [5.74, 6) is 0.837. The van der Waals surface area contributed by atoms with Crippen molar-refractivity contribution < 1.29 is 0 Å². The smallest absolute Gasteiger partial charge is 0.145 e. The first-order chi connectivity index (χ1) is 9.24. The molecule has 1 unspecified atom stereocenters. The SMILES string of the molecule is CCNC(Cc1cc(CC)nn1C)c1ncccn1. The fraction of sp³-hybridized carbons (Fsp3) is 0.500. The van der Waals surface area contributed by atoms with Gasteiger partial charge < -0.3 is 5.32 Å². The lowest BCUT2D eigenvalue weighted by Crippen LogP contribution is -2.25. The van der Waals surface area contributed by atoms with E-state index >= 15 is 0 Å². The summed E-state index contributed by atoms with van der Waals surface area (Å²) < 4.78 is 1.95. The number of nitrogens with one attached hydrogen (secondary N) is 1. The summed E-state index contributed by atoms with van der Waals surface area (Å²) in [5, 5.41) is 7.92. The van der Waals surface area contributed by atoms with Crippen molar-refractivity contribution in [2.75, 3.05) is 6.54 Å². The summed E-state index contributed by atoms with van der Waals surface area (Å²) in [4.78, 5) is 8.69. The normalized spacial score (nSPS) is 12.6. The van der Waals surface area contributed by atoms with E-state index < -0.39 is 0 Å². The highest BCUT2D eigenvalue weighted by molar-refractivity contribution is 5.13. The summed E-state index contributed by atoms with van der Waals surface area (Å²) in [5.41, 5.74) is 2.33. The Balaban J connectivity index is 2.18. The number of nitrogens with zero attached hydrogens (tertiary/aromatic N) is 4. The van der Waals surface area contributed by atoms with Gasteiger partial charge in [0.05, 0.1) is 11.7 Å². The van der Waals surface area contributed by atoms with Gasteiger partial charge in [-0.15, -0.1) is 0 Å². The topological polar surface area (TPSA) is 55.6 Å². The van der Waals surface area contributed by atoms with Crippen molar-refractivity contribution in [1.29, 1.82) is 0 Å². The van der Waals surface area contributed by atoms with Crippen LogP contribution in [-0.4, -0.2) is 26.3 Å². The molecule has 1 N–H and O–H groups in total. The molecule has 2 heterocycles. The zero-order valence-corrected chi connectivity index (χ0v) is 11.8. The monoisotopic (exact) mass is 259 g/mol. The zero-order valence-electron chi connectivity index (χ0n) is 11.8. The standard InChI is InChI=1S/C14H21N5/c1-4-11-9-12(19(3)18-11)10-13(15-5-2)14-16-7-6-8-17-14/h6-9,13,15H,4-5,10H2,1-3H3. The molecule has 2 rings (SSSR count). The Morgan fingerprint density at radius 3 is 2.58 bits per heavy atom. The molecule has 0 aliphatic heterocycles. The van der Waals surface area contributed by atoms with Crippen LogP contribution in [0.2, 0.25) is 0 Å². The van der Waals surface area contributed by atoms with Crippen molar-refractivity contribution in [3.8, 4) is 0 Å². The average Bonchev–Trinajstić information content (AvgIpc) is 2.80. The molecule has 1 atom stereocenters. The molecule has 0 aliphatic carbocycles. The molecule has 0 saturated heterocycles. The van der Waals surface area contributed by atoms with Crippen LogP contribution in [0.5, 0.6) is 0 Å². The molecular weight excluding hydrogens is 238 g/mol. The summed E-state index contributed by atoms with van der Waals surface area (Å²) >= 11 is 0. The Labute approximate surface area is 114 Å². The van der Waals surface area contributed by atoms with E-state index in [1.807, 2.05) is 17.8 Å². The number of hydrogen-bond acceptors (Lipinski definition) is 4. The minimum absolute atomic E-state index is 0.131. The zero-order chi connectivity index (χ0) is 13.7. The summed E-state index contributed by atoms with van der Waals surface area (Å²) in [6, 6.07) is 4.13. The van der Waals surface area contributed by atoms with Crippen molar-refractivity contribution >= 4 is 0 Å². The number of aromatic nitrogens is 4. The molecule has 102 valence electrons. The Bertz CT molecular complexity index is 506. The third-order valence-electron chi connectivity index (χ3n) is 3.15. The lowest BCUT2D eigenvalue weighted by atomic mass is 10.1. The highest BCUT2D eigenvalue weighted by atomic mass is 15.3. The third kappa shape index (κ3) is 3.38. The minimum atomic E-state index is 0.131. The molecule has 5 heteroatoms. The first-order valence-corrected chi connectivity index (χ1v) is 6.76. The second kappa shape index (κ2) is 6.43. The Morgan fingerprint density at radius 1 is 1.26 bits per heavy atom. The van der Waals surface area contributed by atoms with Crippen LogP contribution in [0.25, 0.3) is 0 Å². The predicted molar refractivity (Wildman–Crippen MR) is 74.7 cm³/mol. The average molecular weight is 259 g/mol. The summed E-state index contributed by atoms with van der Waals surface area (Å²) in [6.07, 6.45) is 5.38. The van der Waals surface area contributed by atoms with Gasteiger partial charge in [0.1, 0.15) is 5.82 Å². The first-order valence-electron chi connectivity index (χ1n) is 6.76. The predicted octanol–water partition coefficient (Wildman–Crippen LogP) is 1.67. The van der Waals surface area contributed by atoms with Gasteiger partial charge in [-0.25, -0.2) is 9.97 Å². The van der Waals surface area contributed by atoms with Crippen LogP contribution in [0.15, 0.2) is 24.5 Å². The largest absolute Gasteiger partial charge is 0.307 e. The van der Waals surface area contributed by atoms with E-state index in [-0.39, 0.29) is 6.04 Å². The van der Waals surface area contributed by atoms with Crippen molar-refractivity contribution in [1.82, 2.24) is 25.1 Å². The lowest BCUT2D eigenvalue weighted by Gasteiger charge is -2.16. The van der Waals surface area contributed by atoms with Gasteiger partial charge in [0.25, 0.3) is 0 Å². The number of aryl methyl sites for hydroxylation is 2. The van der Waals surface area contributed by atoms with Gasteiger partial charge in [0, 0.05) is 31.6 Å². The van der Waals surface area contributed by atoms with Crippen LogP contribution in [0, 0.1) is 0 Å². The molecule has 19 heavy (non-hydrogen) atoms. The van der Waals surface area contributed by atoms with Crippen LogP contribution < -0.4 is 5.32 Å². The summed E-state index contributed by atoms with van der Waals surface area (Å²) in [6.45, 7) is 5.10. The van der Waals surface area contributed by atoms with Gasteiger partial charge in [-0.1, -0.05) is 13.8 Å². The van der Waals surface area contributed by atoms with Gasteiger partial charge >= 0.3 is 0 Å². The first kappa shape index (κ1) is 13.7. The summed E-state index contributed by atoms with van der Waals surface area (Å²) in [7, 11) is 1.99. The lowest BCUT2D eigenvalue weighted by molar-refractivity contribution is 0.504. The van der Waals surface area contributed by atoms with E-state index in [0.717, 1.165) is 30.9 Å². The molecule has 2 aromatic rings. The maximum atomic E-state index is 4.48. The van der Waals surface area contributed by atoms with E-state index in [1.165, 1.54) is 5.69 Å². The Hall–Kier alpha value is -1.75. The molecule has 0 aliphatic rings. The van der Waals surface area contributed by atoms with E-state index in [9.17, 15) is 0 Å². The number of rotatable bonds is 6. The quantitative estimate of drug-likeness (QED) is 0.857.